The maximum Gasteiger partial charge on any atom is 0.298 e. The first-order valence-electron chi connectivity index (χ1n) is 9.88. The Hall–Kier alpha value is -2.75. The highest BCUT2D eigenvalue weighted by molar-refractivity contribution is 5.68. The third-order valence-electron chi connectivity index (χ3n) is 5.42. The van der Waals surface area contributed by atoms with Crippen LogP contribution in [0.1, 0.15) is 38.8 Å². The Labute approximate surface area is 169 Å². The predicted octanol–water partition coefficient (Wildman–Crippen LogP) is 5.30. The van der Waals surface area contributed by atoms with E-state index in [1.165, 1.54) is 16.8 Å². The van der Waals surface area contributed by atoms with E-state index < -0.39 is 0 Å². The van der Waals surface area contributed by atoms with Gasteiger partial charge < -0.3 is 14.5 Å². The smallest absolute Gasteiger partial charge is 0.298 e. The van der Waals surface area contributed by atoms with Crippen molar-refractivity contribution < 1.29 is 9.53 Å². The average Bonchev–Trinajstić information content (AvgIpc) is 2.70. The van der Waals surface area contributed by atoms with Gasteiger partial charge >= 0.3 is 0 Å². The minimum atomic E-state index is 0.202. The van der Waals surface area contributed by atoms with Crippen molar-refractivity contribution in [1.82, 2.24) is 0 Å². The van der Waals surface area contributed by atoms with Crippen LogP contribution in [0.15, 0.2) is 48.0 Å². The summed E-state index contributed by atoms with van der Waals surface area (Å²) in [6.45, 7) is 13.0. The van der Waals surface area contributed by atoms with E-state index in [9.17, 15) is 4.79 Å². The Bertz CT molecular complexity index is 825. The molecule has 0 aliphatic rings. The first kappa shape index (κ1) is 21.5. The number of aryl methyl sites for hydroxylation is 1. The molecule has 0 saturated heterocycles. The van der Waals surface area contributed by atoms with Crippen molar-refractivity contribution in [1.29, 1.82) is 0 Å². The van der Waals surface area contributed by atoms with Crippen LogP contribution in [0.25, 0.3) is 6.08 Å². The fourth-order valence-corrected chi connectivity index (χ4v) is 3.42. The molecule has 1 unspecified atom stereocenters. The van der Waals surface area contributed by atoms with Crippen LogP contribution in [0, 0.1) is 6.92 Å². The summed E-state index contributed by atoms with van der Waals surface area (Å²) in [7, 11) is 2.11. The number of hydrogen-bond donors (Lipinski definition) is 0. The molecule has 0 aromatic heterocycles. The predicted molar refractivity (Wildman–Crippen MR) is 119 cm³/mol. The minimum Gasteiger partial charge on any atom is -0.428 e. The normalized spacial score (nSPS) is 12.4. The largest absolute Gasteiger partial charge is 0.428 e. The van der Waals surface area contributed by atoms with Gasteiger partial charge in [-0.05, 0) is 58.4 Å². The van der Waals surface area contributed by atoms with Crippen LogP contribution in [0.3, 0.4) is 0 Å². The summed E-state index contributed by atoms with van der Waals surface area (Å²) in [5.74, 6) is 0.587. The number of anilines is 2. The molecule has 2 aromatic carbocycles. The van der Waals surface area contributed by atoms with E-state index in [-0.39, 0.29) is 6.04 Å². The zero-order valence-electron chi connectivity index (χ0n) is 17.9. The number of carbonyl (C=O) groups is 1. The second-order valence-electron chi connectivity index (χ2n) is 7.07. The third-order valence-corrected chi connectivity index (χ3v) is 5.42. The monoisotopic (exact) mass is 380 g/mol. The maximum atomic E-state index is 11.0. The number of hydrogen-bond acceptors (Lipinski definition) is 4. The molecule has 0 spiro atoms. The number of para-hydroxylation sites is 1. The molecule has 1 atom stereocenters. The molecule has 0 amide bonds. The maximum absolute atomic E-state index is 11.0. The summed E-state index contributed by atoms with van der Waals surface area (Å²) in [6, 6.07) is 14.6. The molecule has 0 heterocycles. The van der Waals surface area contributed by atoms with Crippen LogP contribution in [0.5, 0.6) is 5.75 Å². The Morgan fingerprint density at radius 1 is 1.14 bits per heavy atom. The lowest BCUT2D eigenvalue weighted by atomic mass is 10.0. The fourth-order valence-electron chi connectivity index (χ4n) is 3.42. The second-order valence-corrected chi connectivity index (χ2v) is 7.07. The van der Waals surface area contributed by atoms with Crippen LogP contribution < -0.4 is 14.5 Å². The van der Waals surface area contributed by atoms with Crippen molar-refractivity contribution >= 4 is 23.9 Å². The van der Waals surface area contributed by atoms with E-state index in [4.69, 9.17) is 4.74 Å². The van der Waals surface area contributed by atoms with Crippen LogP contribution >= 0.6 is 0 Å². The molecule has 0 fully saturated rings. The van der Waals surface area contributed by atoms with Crippen molar-refractivity contribution in [2.75, 3.05) is 29.9 Å². The van der Waals surface area contributed by atoms with E-state index >= 15 is 0 Å². The summed E-state index contributed by atoms with van der Waals surface area (Å²) >= 11 is 0. The summed E-state index contributed by atoms with van der Waals surface area (Å²) in [5.41, 5.74) is 5.62. The van der Waals surface area contributed by atoms with Crippen molar-refractivity contribution in [3.05, 3.63) is 59.2 Å². The molecular weight excluding hydrogens is 348 g/mol. The molecule has 0 saturated carbocycles. The van der Waals surface area contributed by atoms with E-state index in [0.717, 1.165) is 24.3 Å². The minimum absolute atomic E-state index is 0.202. The number of rotatable bonds is 9. The lowest BCUT2D eigenvalue weighted by Gasteiger charge is -2.29. The molecule has 0 N–H and O–H groups in total. The van der Waals surface area contributed by atoms with E-state index in [1.807, 2.05) is 12.1 Å². The number of carbonyl (C=O) groups excluding carboxylic acids is 1. The Kier molecular flexibility index (Phi) is 7.68. The molecule has 4 heteroatoms. The summed E-state index contributed by atoms with van der Waals surface area (Å²) in [6.07, 6.45) is 2.10. The van der Waals surface area contributed by atoms with Gasteiger partial charge in [0.2, 0.25) is 0 Å². The molecule has 150 valence electrons. The van der Waals surface area contributed by atoms with Gasteiger partial charge in [0.15, 0.2) is 0 Å². The summed E-state index contributed by atoms with van der Waals surface area (Å²) in [4.78, 5) is 15.5. The van der Waals surface area contributed by atoms with Gasteiger partial charge in [-0.2, -0.15) is 0 Å². The number of nitrogens with zero attached hydrogens (tertiary/aromatic N) is 2. The SMILES string of the molecule is CCN(CC)c1ccc(/C=C(\C)C(C)N(C)c2ccccc2C)c(OC=O)c1. The van der Waals surface area contributed by atoms with Gasteiger partial charge in [-0.1, -0.05) is 29.8 Å². The topological polar surface area (TPSA) is 32.8 Å². The Balaban J connectivity index is 2.34. The highest BCUT2D eigenvalue weighted by Gasteiger charge is 2.15. The van der Waals surface area contributed by atoms with Crippen molar-refractivity contribution in [2.45, 2.75) is 40.7 Å². The highest BCUT2D eigenvalue weighted by atomic mass is 16.5. The van der Waals surface area contributed by atoms with Crippen LogP contribution in [-0.4, -0.2) is 32.7 Å². The fraction of sp³-hybridized carbons (Fsp3) is 0.375. The first-order valence-corrected chi connectivity index (χ1v) is 9.88. The van der Waals surface area contributed by atoms with Crippen LogP contribution in [-0.2, 0) is 4.79 Å². The van der Waals surface area contributed by atoms with E-state index in [0.29, 0.717) is 12.2 Å². The quantitative estimate of drug-likeness (QED) is 0.552. The summed E-state index contributed by atoms with van der Waals surface area (Å²) < 4.78 is 5.30. The lowest BCUT2D eigenvalue weighted by Crippen LogP contribution is -2.30. The van der Waals surface area contributed by atoms with Gasteiger partial charge in [-0.25, -0.2) is 0 Å². The molecule has 0 bridgehead atoms. The Morgan fingerprint density at radius 3 is 2.43 bits per heavy atom. The van der Waals surface area contributed by atoms with E-state index in [2.05, 4.69) is 87.9 Å². The second kappa shape index (κ2) is 9.98. The van der Waals surface area contributed by atoms with E-state index in [1.54, 1.807) is 0 Å². The molecule has 4 nitrogen and oxygen atoms in total. The Morgan fingerprint density at radius 2 is 1.82 bits per heavy atom. The zero-order valence-corrected chi connectivity index (χ0v) is 17.9. The molecule has 0 aliphatic heterocycles. The molecule has 2 aromatic rings. The molecule has 2 rings (SSSR count). The standard InChI is InChI=1S/C24H32N2O2/c1-7-26(8-2)22-14-13-21(24(16-22)28-17-27)15-19(4)20(5)25(6)23-12-10-9-11-18(23)3/h9-17,20H,7-8H2,1-6H3/b19-15+. The number of likely N-dealkylation sites (N-methyl/N-ethyl adjacent to an activating group) is 1. The molecule has 0 radical (unpaired) electrons. The van der Waals surface area contributed by atoms with Gasteiger partial charge in [0, 0.05) is 49.2 Å². The van der Waals surface area contributed by atoms with Crippen molar-refractivity contribution in [2.24, 2.45) is 0 Å². The van der Waals surface area contributed by atoms with Gasteiger partial charge in [-0.3, -0.25) is 4.79 Å². The summed E-state index contributed by atoms with van der Waals surface area (Å²) in [5, 5.41) is 0. The van der Waals surface area contributed by atoms with Crippen LogP contribution in [0.4, 0.5) is 11.4 Å². The first-order chi connectivity index (χ1) is 13.4. The lowest BCUT2D eigenvalue weighted by molar-refractivity contribution is -0.120. The zero-order chi connectivity index (χ0) is 20.7. The third kappa shape index (κ3) is 4.94. The molecular formula is C24H32N2O2. The van der Waals surface area contributed by atoms with Gasteiger partial charge in [-0.15, -0.1) is 0 Å². The number of ether oxygens (including phenoxy) is 1. The van der Waals surface area contributed by atoms with Gasteiger partial charge in [0.05, 0.1) is 0 Å². The van der Waals surface area contributed by atoms with Gasteiger partial charge in [0.1, 0.15) is 5.75 Å². The van der Waals surface area contributed by atoms with Crippen molar-refractivity contribution in [3.63, 3.8) is 0 Å². The van der Waals surface area contributed by atoms with Crippen molar-refractivity contribution in [3.8, 4) is 5.75 Å². The molecule has 28 heavy (non-hydrogen) atoms. The number of benzene rings is 2. The van der Waals surface area contributed by atoms with Gasteiger partial charge in [0.25, 0.3) is 6.47 Å². The highest BCUT2D eigenvalue weighted by Crippen LogP contribution is 2.29. The molecule has 0 aliphatic carbocycles. The van der Waals surface area contributed by atoms with Crippen LogP contribution in [0.2, 0.25) is 0 Å². The average molecular weight is 381 g/mol.